The number of halogens is 1. The zero-order chi connectivity index (χ0) is 27.4. The number of anilines is 1. The average Bonchev–Trinajstić information content (AvgIpc) is 3.43. The maximum atomic E-state index is 13.4. The molecular formula is C28H25ClN2O6S. The van der Waals surface area contributed by atoms with E-state index in [-0.39, 0.29) is 27.9 Å². The van der Waals surface area contributed by atoms with Gasteiger partial charge in [-0.05, 0) is 55.3 Å². The SMILES string of the molecule is C=CCOC(=O)c1sc(N2C(=O)C(=O)/C(=C(/O)c3ccc(OCCC)cc3)C2c2ccc(Cl)cc2)nc1C. The standard InChI is InChI=1S/C28H25ClN2O6S/c1-4-14-36-20-12-8-18(9-13-20)23(32)21-22(17-6-10-19(29)11-7-17)31(26(34)24(21)33)28-30-16(3)25(38-28)27(35)37-15-5-2/h5-13,22,32H,2,4,14-15H2,1,3H3/b23-21+. The molecule has 2 heterocycles. The van der Waals surface area contributed by atoms with E-state index in [4.69, 9.17) is 21.1 Å². The molecule has 1 aliphatic heterocycles. The van der Waals surface area contributed by atoms with Gasteiger partial charge in [0.1, 0.15) is 23.0 Å². The fraction of sp³-hybridized carbons (Fsp3) is 0.214. The molecule has 0 spiro atoms. The van der Waals surface area contributed by atoms with Gasteiger partial charge in [-0.2, -0.15) is 0 Å². The molecule has 1 aromatic heterocycles. The van der Waals surface area contributed by atoms with Crippen molar-refractivity contribution in [3.8, 4) is 5.75 Å². The summed E-state index contributed by atoms with van der Waals surface area (Å²) in [5.41, 5.74) is 1.11. The molecule has 1 atom stereocenters. The maximum Gasteiger partial charge on any atom is 0.350 e. The number of carbonyl (C=O) groups is 3. The zero-order valence-electron chi connectivity index (χ0n) is 20.8. The minimum Gasteiger partial charge on any atom is -0.507 e. The number of aryl methyl sites for hydroxylation is 1. The van der Waals surface area contributed by atoms with E-state index in [1.54, 1.807) is 55.5 Å². The van der Waals surface area contributed by atoms with Crippen LogP contribution in [-0.2, 0) is 14.3 Å². The van der Waals surface area contributed by atoms with Gasteiger partial charge in [0, 0.05) is 10.6 Å². The van der Waals surface area contributed by atoms with E-state index in [2.05, 4.69) is 11.6 Å². The van der Waals surface area contributed by atoms with Crippen molar-refractivity contribution in [3.05, 3.63) is 93.5 Å². The Morgan fingerprint density at radius 2 is 1.87 bits per heavy atom. The molecule has 1 fully saturated rings. The lowest BCUT2D eigenvalue weighted by atomic mass is 9.95. The van der Waals surface area contributed by atoms with E-state index in [0.29, 0.717) is 34.2 Å². The van der Waals surface area contributed by atoms with E-state index in [1.165, 1.54) is 11.0 Å². The highest BCUT2D eigenvalue weighted by Gasteiger charge is 2.48. The first-order valence-corrected chi connectivity index (χ1v) is 13.0. The number of aliphatic hydroxyl groups is 1. The highest BCUT2D eigenvalue weighted by atomic mass is 35.5. The molecule has 3 aromatic rings. The summed E-state index contributed by atoms with van der Waals surface area (Å²) in [5.74, 6) is -2.10. The normalized spacial score (nSPS) is 16.5. The van der Waals surface area contributed by atoms with Gasteiger partial charge in [0.25, 0.3) is 5.78 Å². The Kier molecular flexibility index (Phi) is 8.29. The van der Waals surface area contributed by atoms with Crippen LogP contribution in [0.15, 0.2) is 66.8 Å². The lowest BCUT2D eigenvalue weighted by Crippen LogP contribution is -2.29. The lowest BCUT2D eigenvalue weighted by molar-refractivity contribution is -0.132. The Morgan fingerprint density at radius 1 is 1.18 bits per heavy atom. The number of aromatic nitrogens is 1. The average molecular weight is 553 g/mol. The van der Waals surface area contributed by atoms with Crippen molar-refractivity contribution >= 4 is 51.5 Å². The topological polar surface area (TPSA) is 106 Å². The van der Waals surface area contributed by atoms with Gasteiger partial charge in [0.2, 0.25) is 0 Å². The van der Waals surface area contributed by atoms with Gasteiger partial charge in [-0.25, -0.2) is 9.78 Å². The number of amides is 1. The van der Waals surface area contributed by atoms with Gasteiger partial charge >= 0.3 is 11.9 Å². The van der Waals surface area contributed by atoms with Gasteiger partial charge in [0.05, 0.1) is 23.9 Å². The van der Waals surface area contributed by atoms with Gasteiger partial charge in [-0.1, -0.05) is 54.6 Å². The van der Waals surface area contributed by atoms with Crippen molar-refractivity contribution < 1.29 is 29.0 Å². The third-order valence-corrected chi connectivity index (χ3v) is 7.13. The van der Waals surface area contributed by atoms with Crippen molar-refractivity contribution in [3.63, 3.8) is 0 Å². The Bertz CT molecular complexity index is 1410. The van der Waals surface area contributed by atoms with Crippen LogP contribution in [0.2, 0.25) is 5.02 Å². The predicted molar refractivity (Wildman–Crippen MR) is 146 cm³/mol. The Morgan fingerprint density at radius 3 is 2.50 bits per heavy atom. The van der Waals surface area contributed by atoms with Crippen LogP contribution in [0.25, 0.3) is 5.76 Å². The highest BCUT2D eigenvalue weighted by molar-refractivity contribution is 7.17. The molecule has 2 aromatic carbocycles. The van der Waals surface area contributed by atoms with Crippen LogP contribution in [-0.4, -0.2) is 41.0 Å². The fourth-order valence-corrected chi connectivity index (χ4v) is 5.06. The summed E-state index contributed by atoms with van der Waals surface area (Å²) in [5, 5.41) is 11.9. The highest BCUT2D eigenvalue weighted by Crippen LogP contribution is 2.44. The quantitative estimate of drug-likeness (QED) is 0.116. The van der Waals surface area contributed by atoms with Crippen LogP contribution < -0.4 is 9.64 Å². The number of thiazole rings is 1. The van der Waals surface area contributed by atoms with Gasteiger partial charge in [-0.15, -0.1) is 0 Å². The molecular weight excluding hydrogens is 528 g/mol. The van der Waals surface area contributed by atoms with Gasteiger partial charge in [0.15, 0.2) is 5.13 Å². The summed E-state index contributed by atoms with van der Waals surface area (Å²) in [7, 11) is 0. The second-order valence-electron chi connectivity index (χ2n) is 8.39. The van der Waals surface area contributed by atoms with Gasteiger partial charge < -0.3 is 14.6 Å². The molecule has 1 unspecified atom stereocenters. The molecule has 0 saturated carbocycles. The molecule has 196 valence electrons. The van der Waals surface area contributed by atoms with Crippen molar-refractivity contribution in [2.24, 2.45) is 0 Å². The zero-order valence-corrected chi connectivity index (χ0v) is 22.3. The van der Waals surface area contributed by atoms with Gasteiger partial charge in [-0.3, -0.25) is 14.5 Å². The Hall–Kier alpha value is -3.95. The second kappa shape index (κ2) is 11.6. The first kappa shape index (κ1) is 27.1. The summed E-state index contributed by atoms with van der Waals surface area (Å²) in [4.78, 5) is 45.0. The number of hydrogen-bond donors (Lipinski definition) is 1. The monoisotopic (exact) mass is 552 g/mol. The number of esters is 1. The molecule has 10 heteroatoms. The Balaban J connectivity index is 1.82. The number of benzene rings is 2. The van der Waals surface area contributed by atoms with E-state index in [1.807, 2.05) is 6.92 Å². The van der Waals surface area contributed by atoms with Crippen molar-refractivity contribution in [2.75, 3.05) is 18.1 Å². The van der Waals surface area contributed by atoms with E-state index in [9.17, 15) is 19.5 Å². The largest absolute Gasteiger partial charge is 0.507 e. The molecule has 38 heavy (non-hydrogen) atoms. The van der Waals surface area contributed by atoms with Crippen molar-refractivity contribution in [1.82, 2.24) is 4.98 Å². The molecule has 8 nitrogen and oxygen atoms in total. The number of aliphatic hydroxyl groups excluding tert-OH is 1. The lowest BCUT2D eigenvalue weighted by Gasteiger charge is -2.23. The maximum absolute atomic E-state index is 13.4. The molecule has 1 N–H and O–H groups in total. The summed E-state index contributed by atoms with van der Waals surface area (Å²) >= 11 is 7.01. The molecule has 1 saturated heterocycles. The molecule has 1 aliphatic rings. The minimum absolute atomic E-state index is 0.0169. The minimum atomic E-state index is -1.01. The number of Topliss-reactive ketones (excluding diaryl/α,β-unsaturated/α-hetero) is 1. The number of ketones is 1. The molecule has 0 bridgehead atoms. The number of ether oxygens (including phenoxy) is 2. The van der Waals surface area contributed by atoms with E-state index < -0.39 is 23.7 Å². The van der Waals surface area contributed by atoms with Crippen LogP contribution in [0.3, 0.4) is 0 Å². The van der Waals surface area contributed by atoms with Crippen LogP contribution in [0.4, 0.5) is 5.13 Å². The summed E-state index contributed by atoms with van der Waals surface area (Å²) in [6, 6.07) is 12.2. The first-order chi connectivity index (χ1) is 18.3. The summed E-state index contributed by atoms with van der Waals surface area (Å²) in [6.07, 6.45) is 2.28. The van der Waals surface area contributed by atoms with E-state index in [0.717, 1.165) is 17.8 Å². The smallest absolute Gasteiger partial charge is 0.350 e. The van der Waals surface area contributed by atoms with Crippen LogP contribution in [0, 0.1) is 6.92 Å². The third kappa shape index (κ3) is 5.34. The van der Waals surface area contributed by atoms with Crippen molar-refractivity contribution in [2.45, 2.75) is 26.3 Å². The number of carbonyl (C=O) groups excluding carboxylic acids is 3. The number of hydrogen-bond acceptors (Lipinski definition) is 8. The van der Waals surface area contributed by atoms with Crippen LogP contribution in [0.1, 0.15) is 45.9 Å². The number of rotatable bonds is 9. The molecule has 1 amide bonds. The summed E-state index contributed by atoms with van der Waals surface area (Å²) < 4.78 is 10.7. The van der Waals surface area contributed by atoms with Crippen molar-refractivity contribution in [1.29, 1.82) is 0 Å². The van der Waals surface area contributed by atoms with Crippen LogP contribution >= 0.6 is 22.9 Å². The predicted octanol–water partition coefficient (Wildman–Crippen LogP) is 5.86. The van der Waals surface area contributed by atoms with Crippen LogP contribution in [0.5, 0.6) is 5.75 Å². The molecule has 0 aliphatic carbocycles. The first-order valence-electron chi connectivity index (χ1n) is 11.8. The third-order valence-electron chi connectivity index (χ3n) is 5.74. The van der Waals surface area contributed by atoms with E-state index >= 15 is 0 Å². The molecule has 4 rings (SSSR count). The summed E-state index contributed by atoms with van der Waals surface area (Å²) in [6.45, 7) is 7.69. The number of nitrogens with zero attached hydrogens (tertiary/aromatic N) is 2. The second-order valence-corrected chi connectivity index (χ2v) is 9.81. The Labute approximate surface area is 228 Å². The fourth-order valence-electron chi connectivity index (χ4n) is 3.95. The molecule has 0 radical (unpaired) electrons.